The number of hydroxylamine groups is 4. The smallest absolute Gasteiger partial charge is 0.261 e. The quantitative estimate of drug-likeness (QED) is 0.126. The van der Waals surface area contributed by atoms with E-state index in [1.807, 2.05) is 44.5 Å². The zero-order valence-electron chi connectivity index (χ0n) is 37.2. The van der Waals surface area contributed by atoms with E-state index in [1.165, 1.54) is 20.7 Å². The van der Waals surface area contributed by atoms with Gasteiger partial charge in [-0.25, -0.2) is 0 Å². The van der Waals surface area contributed by atoms with Crippen LogP contribution in [-0.4, -0.2) is 95.7 Å². The lowest BCUT2D eigenvalue weighted by molar-refractivity contribution is -0.157. The van der Waals surface area contributed by atoms with E-state index in [9.17, 15) is 5.11 Å². The molecule has 0 bridgehead atoms. The highest BCUT2D eigenvalue weighted by Crippen LogP contribution is 2.40. The molecule has 0 amide bonds. The van der Waals surface area contributed by atoms with Crippen molar-refractivity contribution in [3.63, 3.8) is 0 Å². The third kappa shape index (κ3) is 9.71. The third-order valence-electron chi connectivity index (χ3n) is 12.6. The maximum Gasteiger partial charge on any atom is 0.261 e. The number of aliphatic hydroxyl groups is 1. The molecule has 328 valence electrons. The maximum absolute atomic E-state index is 10.9. The molecule has 3 aliphatic rings. The summed E-state index contributed by atoms with van der Waals surface area (Å²) in [4.78, 5) is 12.0. The van der Waals surface area contributed by atoms with Crippen LogP contribution >= 0.6 is 0 Å². The molecule has 0 saturated carbocycles. The minimum Gasteiger partial charge on any atom is -0.494 e. The van der Waals surface area contributed by atoms with Crippen LogP contribution in [0.2, 0.25) is 10.1 Å². The van der Waals surface area contributed by atoms with Gasteiger partial charge in [0.15, 0.2) is 0 Å². The van der Waals surface area contributed by atoms with E-state index in [-0.39, 0.29) is 47.7 Å². The molecule has 3 heterocycles. The first-order chi connectivity index (χ1) is 28.6. The number of hydrogen-bond acceptors (Lipinski definition) is 8. The molecule has 1 N–H and O–H groups in total. The van der Waals surface area contributed by atoms with E-state index in [2.05, 4.69) is 170 Å². The zero-order chi connectivity index (χ0) is 43.3. The fourth-order valence-corrected chi connectivity index (χ4v) is 18.4. The van der Waals surface area contributed by atoms with Gasteiger partial charge in [0.1, 0.15) is 24.4 Å². The molecule has 0 radical (unpaired) electrons. The van der Waals surface area contributed by atoms with Crippen LogP contribution in [-0.2, 0) is 23.3 Å². The number of likely N-dealkylation sites (N-methyl/N-ethyl adjacent to an activating group) is 2. The van der Waals surface area contributed by atoms with Gasteiger partial charge in [-0.2, -0.15) is 10.1 Å². The fourth-order valence-electron chi connectivity index (χ4n) is 9.28. The minimum absolute atomic E-state index is 0. The summed E-state index contributed by atoms with van der Waals surface area (Å²) in [5.41, 5.74) is 0. The predicted octanol–water partition coefficient (Wildman–Crippen LogP) is 7.17. The van der Waals surface area contributed by atoms with Crippen LogP contribution in [0.3, 0.4) is 0 Å². The van der Waals surface area contributed by atoms with E-state index in [0.717, 1.165) is 0 Å². The molecule has 61 heavy (non-hydrogen) atoms. The molecule has 0 unspecified atom stereocenters. The van der Waals surface area contributed by atoms with Gasteiger partial charge in [-0.3, -0.25) is 9.68 Å². The second kappa shape index (κ2) is 20.1. The lowest BCUT2D eigenvalue weighted by Gasteiger charge is -2.44. The van der Waals surface area contributed by atoms with Crippen molar-refractivity contribution < 1.29 is 28.4 Å². The van der Waals surface area contributed by atoms with Gasteiger partial charge in [0, 0.05) is 25.9 Å². The lowest BCUT2D eigenvalue weighted by atomic mass is 9.95. The lowest BCUT2D eigenvalue weighted by Crippen LogP contribution is -2.67. The number of rotatable bonds is 11. The summed E-state index contributed by atoms with van der Waals surface area (Å²) >= 11 is 0. The summed E-state index contributed by atoms with van der Waals surface area (Å²) in [7, 11) is -1.41. The van der Waals surface area contributed by atoms with Gasteiger partial charge in [-0.1, -0.05) is 177 Å². The summed E-state index contributed by atoms with van der Waals surface area (Å²) in [6.07, 6.45) is 8.35. The van der Waals surface area contributed by atoms with Crippen molar-refractivity contribution >= 4 is 37.4 Å². The first-order valence-electron chi connectivity index (χ1n) is 21.3. The summed E-state index contributed by atoms with van der Waals surface area (Å²) in [6, 6.07) is 42.3. The summed E-state index contributed by atoms with van der Waals surface area (Å²) in [5.74, 6) is 2.83. The third-order valence-corrected chi connectivity index (χ3v) is 22.6. The van der Waals surface area contributed by atoms with Crippen molar-refractivity contribution in [1.82, 2.24) is 10.1 Å². The normalized spacial score (nSPS) is 25.0. The molecule has 10 heteroatoms. The van der Waals surface area contributed by atoms with Gasteiger partial charge >= 0.3 is 0 Å². The van der Waals surface area contributed by atoms with Crippen molar-refractivity contribution in [3.05, 3.63) is 134 Å². The van der Waals surface area contributed by atoms with E-state index in [4.69, 9.17) is 29.7 Å². The zero-order valence-corrected chi connectivity index (χ0v) is 39.2. The van der Waals surface area contributed by atoms with Gasteiger partial charge in [-0.15, -0.1) is 12.3 Å². The number of benzene rings is 4. The van der Waals surface area contributed by atoms with Crippen LogP contribution in [0, 0.1) is 24.2 Å². The second-order valence-corrected chi connectivity index (χ2v) is 27.2. The van der Waals surface area contributed by atoms with Crippen LogP contribution in [0.5, 0.6) is 0 Å². The van der Waals surface area contributed by atoms with E-state index >= 15 is 0 Å². The average molecular weight is 863 g/mol. The number of ether oxygens (including phenoxy) is 1. The van der Waals surface area contributed by atoms with E-state index in [0.29, 0.717) is 19.1 Å². The number of aliphatic hydroxyl groups excluding tert-OH is 1. The van der Waals surface area contributed by atoms with Gasteiger partial charge in [0.2, 0.25) is 0 Å². The minimum atomic E-state index is -2.67. The Kier molecular flexibility index (Phi) is 15.9. The first-order valence-corrected chi connectivity index (χ1v) is 25.1. The van der Waals surface area contributed by atoms with Crippen LogP contribution in [0.1, 0.15) is 62.8 Å². The number of fused-ring (bicyclic) bond motifs is 1. The van der Waals surface area contributed by atoms with Crippen LogP contribution in [0.25, 0.3) is 0 Å². The van der Waals surface area contributed by atoms with E-state index < -0.39 is 28.8 Å². The number of terminal acetylenes is 1. The summed E-state index contributed by atoms with van der Waals surface area (Å²) in [5, 5.41) is 19.4. The molecule has 0 spiro atoms. The Morgan fingerprint density at radius 3 is 1.41 bits per heavy atom. The van der Waals surface area contributed by atoms with Gasteiger partial charge in [-0.05, 0) is 43.8 Å². The Morgan fingerprint density at radius 1 is 0.656 bits per heavy atom. The largest absolute Gasteiger partial charge is 0.494 e. The number of nitrogens with zero attached hydrogens (tertiary/aromatic N) is 2. The Bertz CT molecular complexity index is 1940. The van der Waals surface area contributed by atoms with Gasteiger partial charge in [0.05, 0.1) is 31.6 Å². The van der Waals surface area contributed by atoms with Crippen LogP contribution in [0.15, 0.2) is 134 Å². The summed E-state index contributed by atoms with van der Waals surface area (Å²) < 4.78 is 20.1. The SMILES string of the molecule is C.C#C[C@@H](C)[C@H]1ON(C)[C@H](CO[Si](c2ccccc2)(c2ccccc2)C(C)(C)C)[C@H]1O.C[C@@H]1C=CO[C@H]2[C@@H]1ON(C)[C@@H]2CO[Si](c1ccccc1)(c1ccccc1)C(C)(C)C. The molecule has 2 saturated heterocycles. The molecule has 8 atom stereocenters. The predicted molar refractivity (Wildman–Crippen MR) is 254 cm³/mol. The van der Waals surface area contributed by atoms with Crippen molar-refractivity contribution in [3.8, 4) is 12.3 Å². The molecule has 8 nitrogen and oxygen atoms in total. The fraction of sp³-hybridized carbons (Fsp3) is 0.451. The van der Waals surface area contributed by atoms with Crippen molar-refractivity contribution in [1.29, 1.82) is 0 Å². The topological polar surface area (TPSA) is 72.9 Å². The molecule has 0 aliphatic carbocycles. The molecule has 4 aromatic carbocycles. The van der Waals surface area contributed by atoms with E-state index in [1.54, 1.807) is 5.06 Å². The Hall–Kier alpha value is -3.87. The first kappa shape index (κ1) is 48.2. The van der Waals surface area contributed by atoms with Gasteiger partial charge in [0.25, 0.3) is 16.6 Å². The molecule has 3 aliphatic heterocycles. The number of hydrogen-bond donors (Lipinski definition) is 1. The molecule has 0 aromatic heterocycles. The molecular formula is C51H70N2O6Si2. The van der Waals surface area contributed by atoms with Crippen molar-refractivity contribution in [2.24, 2.45) is 11.8 Å². The Labute approximate surface area is 369 Å². The monoisotopic (exact) mass is 862 g/mol. The van der Waals surface area contributed by atoms with Crippen molar-refractivity contribution in [2.75, 3.05) is 27.3 Å². The molecule has 4 aromatic rings. The highest BCUT2D eigenvalue weighted by Gasteiger charge is 2.54. The van der Waals surface area contributed by atoms with Gasteiger partial charge < -0.3 is 18.7 Å². The molecule has 7 rings (SSSR count). The van der Waals surface area contributed by atoms with Crippen LogP contribution < -0.4 is 20.7 Å². The maximum atomic E-state index is 10.9. The molecular weight excluding hydrogens is 793 g/mol. The highest BCUT2D eigenvalue weighted by molar-refractivity contribution is 7.00. The Morgan fingerprint density at radius 2 is 1.03 bits per heavy atom. The Balaban J connectivity index is 0.000000227. The van der Waals surface area contributed by atoms with Crippen molar-refractivity contribution in [2.45, 2.75) is 109 Å². The second-order valence-electron chi connectivity index (χ2n) is 18.5. The van der Waals surface area contributed by atoms with Crippen LogP contribution in [0.4, 0.5) is 0 Å². The highest BCUT2D eigenvalue weighted by atomic mass is 28.4. The standard InChI is InChI=1S/2C25H33NO3Si.CH4/c1-19-16-17-27-24-22(26(5)29-23(19)24)18-28-30(25(2,3)4,20-12-8-6-9-13-20)21-14-10-7-11-15-21;1-7-19(2)24-23(27)22(26(6)29-24)18-28-30(25(3,4)5,20-14-10-8-11-15-20)21-16-12-9-13-17-21;/h6-17,19,22-24H,18H2,1-5H3;1,8-17,19,22-24,27H,18H2,2-6H3;1H4/t2*19-,22-,23-,24-;/m11./s1. The summed E-state index contributed by atoms with van der Waals surface area (Å²) in [6.45, 7) is 18.6. The average Bonchev–Trinajstić information content (AvgIpc) is 3.72. The molecule has 2 fully saturated rings.